The third-order valence-corrected chi connectivity index (χ3v) is 13.8. The van der Waals surface area contributed by atoms with E-state index in [0.717, 1.165) is 44.9 Å². The van der Waals surface area contributed by atoms with Crippen LogP contribution >= 0.6 is 7.82 Å². The number of amides is 1. The number of carbonyl (C=O) groups excluding carboxylic acids is 1. The summed E-state index contributed by atoms with van der Waals surface area (Å²) in [6.45, 7) is 3.87. The Bertz CT molecular complexity index is 1120. The molecule has 1 rings (SSSR count). The lowest BCUT2D eigenvalue weighted by Gasteiger charge is -2.41. The summed E-state index contributed by atoms with van der Waals surface area (Å²) in [7, 11) is -5.08. The minimum absolute atomic E-state index is 0.219. The van der Waals surface area contributed by atoms with Gasteiger partial charge < -0.3 is 40.8 Å². The number of nitrogens with one attached hydrogen (secondary N) is 1. The lowest BCUT2D eigenvalue weighted by Crippen LogP contribution is -2.64. The molecule has 0 aromatic rings. The first kappa shape index (κ1) is 60.1. The van der Waals surface area contributed by atoms with Crippen molar-refractivity contribution in [2.24, 2.45) is 0 Å². The summed E-state index contributed by atoms with van der Waals surface area (Å²) in [6, 6.07) is -1.11. The molecule has 9 atom stereocenters. The fourth-order valence-electron chi connectivity index (χ4n) is 8.55. The van der Waals surface area contributed by atoms with Gasteiger partial charge in [0.15, 0.2) is 0 Å². The van der Waals surface area contributed by atoms with E-state index in [1.54, 1.807) is 6.08 Å². The summed E-state index contributed by atoms with van der Waals surface area (Å²) in [4.78, 5) is 23.5. The first-order valence-corrected chi connectivity index (χ1v) is 27.6. The fourth-order valence-corrected chi connectivity index (χ4v) is 9.52. The molecule has 6 unspecified atom stereocenters. The van der Waals surface area contributed by atoms with Crippen molar-refractivity contribution < 1.29 is 53.9 Å². The maximum atomic E-state index is 13.0. The van der Waals surface area contributed by atoms with E-state index in [9.17, 15) is 44.9 Å². The number of unbranched alkanes of at least 4 members (excludes halogenated alkanes) is 33. The summed E-state index contributed by atoms with van der Waals surface area (Å²) < 4.78 is 23.0. The van der Waals surface area contributed by atoms with E-state index >= 15 is 0 Å². The Morgan fingerprint density at radius 3 is 1.21 bits per heavy atom. The lowest BCUT2D eigenvalue weighted by atomic mass is 9.85. The number of hydrogen-bond acceptors (Lipinski definition) is 10. The number of hydrogen-bond donors (Lipinski definition) is 8. The standard InChI is InChI=1S/C50H98NO11P/c1-3-5-7-9-11-13-15-17-19-21-22-23-24-26-28-30-32-34-36-38-40-44(53)51-42(41-61-63(59,60)62-50-48(57)46(55)45(54)47(56)49(50)58)43(52)39-37-35-33-31-29-27-25-20-18-16-14-12-10-8-6-4-2/h37,39,42-43,45-50,52,54-58H,3-36,38,40-41H2,1-2H3,(H,51,53)(H,59,60)/b39-37+/t42-,43+,45?,46+,47?,48?,49?,50?/m0/s1. The molecule has 1 fully saturated rings. The van der Waals surface area contributed by atoms with Gasteiger partial charge in [0.2, 0.25) is 5.91 Å². The first-order valence-electron chi connectivity index (χ1n) is 26.1. The van der Waals surface area contributed by atoms with E-state index in [4.69, 9.17) is 9.05 Å². The van der Waals surface area contributed by atoms with Crippen molar-refractivity contribution in [3.05, 3.63) is 12.2 Å². The molecule has 0 heterocycles. The lowest BCUT2D eigenvalue weighted by molar-refractivity contribution is -0.220. The van der Waals surface area contributed by atoms with Crippen molar-refractivity contribution in [2.45, 2.75) is 294 Å². The van der Waals surface area contributed by atoms with Crippen molar-refractivity contribution in [3.63, 3.8) is 0 Å². The zero-order valence-corrected chi connectivity index (χ0v) is 41.0. The van der Waals surface area contributed by atoms with Crippen LogP contribution < -0.4 is 5.32 Å². The van der Waals surface area contributed by atoms with Crippen LogP contribution in [0.5, 0.6) is 0 Å². The van der Waals surface area contributed by atoms with Gasteiger partial charge in [0.25, 0.3) is 0 Å². The van der Waals surface area contributed by atoms with Gasteiger partial charge in [0.05, 0.1) is 18.8 Å². The second-order valence-electron chi connectivity index (χ2n) is 18.7. The third-order valence-electron chi connectivity index (χ3n) is 12.8. The van der Waals surface area contributed by atoms with E-state index < -0.39 is 63.2 Å². The number of phosphoric ester groups is 1. The van der Waals surface area contributed by atoms with Gasteiger partial charge in [0.1, 0.15) is 36.6 Å². The van der Waals surface area contributed by atoms with Gasteiger partial charge in [0, 0.05) is 6.42 Å². The Kier molecular flexibility index (Phi) is 38.3. The average molecular weight is 920 g/mol. The molecule has 1 amide bonds. The summed E-state index contributed by atoms with van der Waals surface area (Å²) in [5.41, 5.74) is 0. The van der Waals surface area contributed by atoms with E-state index in [2.05, 4.69) is 19.2 Å². The predicted octanol–water partition coefficient (Wildman–Crippen LogP) is 10.8. The number of aliphatic hydroxyl groups is 6. The van der Waals surface area contributed by atoms with Crippen molar-refractivity contribution in [3.8, 4) is 0 Å². The molecule has 0 aromatic heterocycles. The van der Waals surface area contributed by atoms with Crippen molar-refractivity contribution >= 4 is 13.7 Å². The Hall–Kier alpha value is -0.920. The van der Waals surface area contributed by atoms with E-state index in [0.29, 0.717) is 6.42 Å². The van der Waals surface area contributed by atoms with E-state index in [-0.39, 0.29) is 12.3 Å². The van der Waals surface area contributed by atoms with Crippen LogP contribution in [-0.2, 0) is 18.4 Å². The van der Waals surface area contributed by atoms with Crippen LogP contribution in [0.1, 0.15) is 245 Å². The number of aliphatic hydroxyl groups excluding tert-OH is 6. The molecular weight excluding hydrogens is 822 g/mol. The van der Waals surface area contributed by atoms with Crippen LogP contribution in [0.25, 0.3) is 0 Å². The van der Waals surface area contributed by atoms with Gasteiger partial charge >= 0.3 is 7.82 Å². The molecule has 0 bridgehead atoms. The monoisotopic (exact) mass is 920 g/mol. The quantitative estimate of drug-likeness (QED) is 0.0164. The second-order valence-corrected chi connectivity index (χ2v) is 20.1. The Morgan fingerprint density at radius 1 is 0.524 bits per heavy atom. The number of carbonyl (C=O) groups is 1. The Labute approximate surface area is 384 Å². The van der Waals surface area contributed by atoms with Crippen LogP contribution in [0.3, 0.4) is 0 Å². The van der Waals surface area contributed by atoms with Crippen LogP contribution in [-0.4, -0.2) is 96.8 Å². The van der Waals surface area contributed by atoms with Crippen molar-refractivity contribution in [1.82, 2.24) is 5.32 Å². The molecule has 374 valence electrons. The number of phosphoric acid groups is 1. The molecule has 63 heavy (non-hydrogen) atoms. The van der Waals surface area contributed by atoms with Crippen LogP contribution in [0.15, 0.2) is 12.2 Å². The molecule has 8 N–H and O–H groups in total. The van der Waals surface area contributed by atoms with Crippen LogP contribution in [0.4, 0.5) is 0 Å². The maximum Gasteiger partial charge on any atom is 0.472 e. The van der Waals surface area contributed by atoms with Gasteiger partial charge in [-0.15, -0.1) is 0 Å². The van der Waals surface area contributed by atoms with E-state index in [1.165, 1.54) is 173 Å². The molecule has 0 aromatic carbocycles. The Balaban J connectivity index is 2.41. The smallest absolute Gasteiger partial charge is 0.387 e. The molecule has 0 spiro atoms. The molecule has 13 heteroatoms. The predicted molar refractivity (Wildman–Crippen MR) is 255 cm³/mol. The van der Waals surface area contributed by atoms with Gasteiger partial charge in [-0.2, -0.15) is 0 Å². The highest BCUT2D eigenvalue weighted by molar-refractivity contribution is 7.47. The molecular formula is C50H98NO11P. The highest BCUT2D eigenvalue weighted by atomic mass is 31.2. The molecule has 1 aliphatic rings. The fraction of sp³-hybridized carbons (Fsp3) is 0.940. The average Bonchev–Trinajstić information content (AvgIpc) is 3.27. The molecule has 0 radical (unpaired) electrons. The minimum atomic E-state index is -5.08. The number of rotatable bonds is 44. The summed E-state index contributed by atoms with van der Waals surface area (Å²) in [6.07, 6.45) is 34.2. The van der Waals surface area contributed by atoms with Gasteiger partial charge in [-0.3, -0.25) is 13.8 Å². The molecule has 0 saturated heterocycles. The normalized spacial score (nSPS) is 22.4. The highest BCUT2D eigenvalue weighted by Crippen LogP contribution is 2.47. The second kappa shape index (κ2) is 40.2. The zero-order valence-electron chi connectivity index (χ0n) is 40.1. The third kappa shape index (κ3) is 31.6. The topological polar surface area (TPSA) is 206 Å². The largest absolute Gasteiger partial charge is 0.472 e. The van der Waals surface area contributed by atoms with Crippen LogP contribution in [0.2, 0.25) is 0 Å². The van der Waals surface area contributed by atoms with E-state index in [1.807, 2.05) is 6.08 Å². The molecule has 12 nitrogen and oxygen atoms in total. The summed E-state index contributed by atoms with van der Waals surface area (Å²) in [5, 5.41) is 64.2. The van der Waals surface area contributed by atoms with Gasteiger partial charge in [-0.05, 0) is 19.3 Å². The molecule has 1 saturated carbocycles. The first-order chi connectivity index (χ1) is 30.4. The molecule has 0 aliphatic heterocycles. The van der Waals surface area contributed by atoms with Gasteiger partial charge in [-0.1, -0.05) is 231 Å². The van der Waals surface area contributed by atoms with Crippen molar-refractivity contribution in [2.75, 3.05) is 6.61 Å². The van der Waals surface area contributed by atoms with Crippen LogP contribution in [0, 0.1) is 0 Å². The van der Waals surface area contributed by atoms with Crippen molar-refractivity contribution in [1.29, 1.82) is 0 Å². The molecule has 1 aliphatic carbocycles. The SMILES string of the molecule is CCCCCCCCCCCCCCCC/C=C/[C@@H](O)[C@H](COP(=O)(O)OC1C(O)C(O)C(O)[C@@H](O)C1O)NC(=O)CCCCCCCCCCCCCCCCCCCCCC. The Morgan fingerprint density at radius 2 is 0.841 bits per heavy atom. The minimum Gasteiger partial charge on any atom is -0.387 e. The number of allylic oxidation sites excluding steroid dienone is 1. The summed E-state index contributed by atoms with van der Waals surface area (Å²) in [5.74, 6) is -0.336. The summed E-state index contributed by atoms with van der Waals surface area (Å²) >= 11 is 0. The maximum absolute atomic E-state index is 13.0. The zero-order chi connectivity index (χ0) is 46.4. The highest BCUT2D eigenvalue weighted by Gasteiger charge is 2.51. The van der Waals surface area contributed by atoms with Gasteiger partial charge in [-0.25, -0.2) is 4.57 Å².